The van der Waals surface area contributed by atoms with Crippen LogP contribution in [0.4, 0.5) is 10.2 Å². The van der Waals surface area contributed by atoms with E-state index in [9.17, 15) is 4.39 Å². The highest BCUT2D eigenvalue weighted by molar-refractivity contribution is 5.32. The Bertz CT molecular complexity index is 316. The Labute approximate surface area is 82.8 Å². The largest absolute Gasteiger partial charge is 0.366 e. The van der Waals surface area contributed by atoms with Crippen LogP contribution in [0.15, 0.2) is 12.4 Å². The molecule has 1 aromatic rings. The van der Waals surface area contributed by atoms with Crippen molar-refractivity contribution >= 4 is 5.82 Å². The standard InChI is InChI=1S/C10H14FN3/c1-2-7-5-8(7)6-14-10-9(11)12-3-4-13-10/h3-4,7-8H,2,5-6H2,1H3,(H,13,14). The first-order valence-corrected chi connectivity index (χ1v) is 5.01. The molecule has 1 aliphatic rings. The van der Waals surface area contributed by atoms with Crippen LogP contribution in [-0.2, 0) is 0 Å². The van der Waals surface area contributed by atoms with E-state index in [-0.39, 0.29) is 5.82 Å². The maximum absolute atomic E-state index is 13.0. The fraction of sp³-hybridized carbons (Fsp3) is 0.600. The van der Waals surface area contributed by atoms with Gasteiger partial charge in [-0.3, -0.25) is 0 Å². The van der Waals surface area contributed by atoms with Gasteiger partial charge in [-0.05, 0) is 18.3 Å². The lowest BCUT2D eigenvalue weighted by atomic mass is 10.2. The van der Waals surface area contributed by atoms with Gasteiger partial charge in [0.15, 0.2) is 5.82 Å². The molecule has 0 radical (unpaired) electrons. The lowest BCUT2D eigenvalue weighted by Gasteiger charge is -2.04. The molecule has 0 aromatic carbocycles. The van der Waals surface area contributed by atoms with Crippen LogP contribution < -0.4 is 5.32 Å². The fourth-order valence-corrected chi connectivity index (χ4v) is 1.73. The van der Waals surface area contributed by atoms with Crippen molar-refractivity contribution in [2.45, 2.75) is 19.8 Å². The number of anilines is 1. The van der Waals surface area contributed by atoms with Gasteiger partial charge >= 0.3 is 0 Å². The van der Waals surface area contributed by atoms with Crippen LogP contribution in [0.25, 0.3) is 0 Å². The molecule has 1 aliphatic carbocycles. The zero-order valence-electron chi connectivity index (χ0n) is 8.20. The van der Waals surface area contributed by atoms with Crippen LogP contribution in [-0.4, -0.2) is 16.5 Å². The highest BCUT2D eigenvalue weighted by Crippen LogP contribution is 2.40. The lowest BCUT2D eigenvalue weighted by Crippen LogP contribution is -2.08. The van der Waals surface area contributed by atoms with Gasteiger partial charge < -0.3 is 5.32 Å². The maximum Gasteiger partial charge on any atom is 0.255 e. The Morgan fingerprint density at radius 1 is 1.43 bits per heavy atom. The first-order chi connectivity index (χ1) is 6.81. The van der Waals surface area contributed by atoms with E-state index in [4.69, 9.17) is 0 Å². The monoisotopic (exact) mass is 195 g/mol. The number of hydrogen-bond acceptors (Lipinski definition) is 3. The van der Waals surface area contributed by atoms with Gasteiger partial charge in [0.05, 0.1) is 0 Å². The van der Waals surface area contributed by atoms with Crippen molar-refractivity contribution < 1.29 is 4.39 Å². The minimum Gasteiger partial charge on any atom is -0.366 e. The summed E-state index contributed by atoms with van der Waals surface area (Å²) in [5.41, 5.74) is 0. The average Bonchev–Trinajstić information content (AvgIpc) is 2.95. The molecule has 1 aromatic heterocycles. The molecule has 1 saturated carbocycles. The maximum atomic E-state index is 13.0. The van der Waals surface area contributed by atoms with E-state index in [1.54, 1.807) is 0 Å². The molecular weight excluding hydrogens is 181 g/mol. The summed E-state index contributed by atoms with van der Waals surface area (Å²) in [5, 5.41) is 2.99. The lowest BCUT2D eigenvalue weighted by molar-refractivity contribution is 0.578. The van der Waals surface area contributed by atoms with Crippen molar-refractivity contribution in [1.82, 2.24) is 9.97 Å². The van der Waals surface area contributed by atoms with Crippen molar-refractivity contribution in [3.05, 3.63) is 18.3 Å². The minimum absolute atomic E-state index is 0.272. The van der Waals surface area contributed by atoms with Gasteiger partial charge in [0.2, 0.25) is 0 Å². The number of aromatic nitrogens is 2. The number of rotatable bonds is 4. The molecular formula is C10H14FN3. The van der Waals surface area contributed by atoms with Crippen LogP contribution in [0.5, 0.6) is 0 Å². The molecule has 0 amide bonds. The highest BCUT2D eigenvalue weighted by Gasteiger charge is 2.34. The topological polar surface area (TPSA) is 37.8 Å². The number of nitrogens with zero attached hydrogens (tertiary/aromatic N) is 2. The summed E-state index contributed by atoms with van der Waals surface area (Å²) >= 11 is 0. The Kier molecular flexibility index (Phi) is 2.61. The summed E-state index contributed by atoms with van der Waals surface area (Å²) in [6, 6.07) is 0. The summed E-state index contributed by atoms with van der Waals surface area (Å²) < 4.78 is 13.0. The molecule has 1 fully saturated rings. The van der Waals surface area contributed by atoms with Crippen molar-refractivity contribution in [3.63, 3.8) is 0 Å². The molecule has 1 heterocycles. The van der Waals surface area contributed by atoms with E-state index in [1.807, 2.05) is 0 Å². The van der Waals surface area contributed by atoms with E-state index in [1.165, 1.54) is 25.2 Å². The SMILES string of the molecule is CCC1CC1CNc1nccnc1F. The van der Waals surface area contributed by atoms with Crippen LogP contribution in [0, 0.1) is 17.8 Å². The molecule has 2 unspecified atom stereocenters. The molecule has 2 atom stereocenters. The number of nitrogens with one attached hydrogen (secondary N) is 1. The predicted molar refractivity (Wildman–Crippen MR) is 52.4 cm³/mol. The normalized spacial score (nSPS) is 24.7. The van der Waals surface area contributed by atoms with Gasteiger partial charge in [0.25, 0.3) is 5.95 Å². The van der Waals surface area contributed by atoms with E-state index >= 15 is 0 Å². The van der Waals surface area contributed by atoms with E-state index in [0.29, 0.717) is 5.92 Å². The highest BCUT2D eigenvalue weighted by atomic mass is 19.1. The second kappa shape index (κ2) is 3.90. The summed E-state index contributed by atoms with van der Waals surface area (Å²) in [4.78, 5) is 7.41. The quantitative estimate of drug-likeness (QED) is 0.799. The molecule has 2 rings (SSSR count). The van der Waals surface area contributed by atoms with Gasteiger partial charge in [-0.1, -0.05) is 13.3 Å². The van der Waals surface area contributed by atoms with E-state index < -0.39 is 5.95 Å². The molecule has 0 aliphatic heterocycles. The smallest absolute Gasteiger partial charge is 0.255 e. The molecule has 4 heteroatoms. The first-order valence-electron chi connectivity index (χ1n) is 5.01. The van der Waals surface area contributed by atoms with Crippen LogP contribution in [0.1, 0.15) is 19.8 Å². The molecule has 14 heavy (non-hydrogen) atoms. The predicted octanol–water partition coefficient (Wildman–Crippen LogP) is 2.07. The second-order valence-electron chi connectivity index (χ2n) is 3.74. The van der Waals surface area contributed by atoms with Crippen molar-refractivity contribution in [2.75, 3.05) is 11.9 Å². The van der Waals surface area contributed by atoms with Crippen molar-refractivity contribution in [1.29, 1.82) is 0 Å². The second-order valence-corrected chi connectivity index (χ2v) is 3.74. The Morgan fingerprint density at radius 2 is 2.21 bits per heavy atom. The third-order valence-electron chi connectivity index (χ3n) is 2.78. The molecule has 1 N–H and O–H groups in total. The van der Waals surface area contributed by atoms with Crippen LogP contribution in [0.2, 0.25) is 0 Å². The summed E-state index contributed by atoms with van der Waals surface area (Å²) in [5.74, 6) is 1.28. The molecule has 3 nitrogen and oxygen atoms in total. The molecule has 0 spiro atoms. The third-order valence-corrected chi connectivity index (χ3v) is 2.78. The molecule has 0 bridgehead atoms. The van der Waals surface area contributed by atoms with Gasteiger partial charge in [0, 0.05) is 18.9 Å². The minimum atomic E-state index is -0.513. The molecule has 0 saturated heterocycles. The summed E-state index contributed by atoms with van der Waals surface area (Å²) in [6.45, 7) is 3.00. The summed E-state index contributed by atoms with van der Waals surface area (Å²) in [7, 11) is 0. The van der Waals surface area contributed by atoms with Crippen LogP contribution >= 0.6 is 0 Å². The zero-order valence-corrected chi connectivity index (χ0v) is 8.20. The fourth-order valence-electron chi connectivity index (χ4n) is 1.73. The Balaban J connectivity index is 1.84. The van der Waals surface area contributed by atoms with Gasteiger partial charge in [-0.2, -0.15) is 4.39 Å². The van der Waals surface area contributed by atoms with Crippen LogP contribution in [0.3, 0.4) is 0 Å². The average molecular weight is 195 g/mol. The number of halogens is 1. The molecule has 76 valence electrons. The van der Waals surface area contributed by atoms with Crippen molar-refractivity contribution in [2.24, 2.45) is 11.8 Å². The van der Waals surface area contributed by atoms with E-state index in [2.05, 4.69) is 22.2 Å². The first kappa shape index (κ1) is 9.37. The van der Waals surface area contributed by atoms with Crippen molar-refractivity contribution in [3.8, 4) is 0 Å². The van der Waals surface area contributed by atoms with Gasteiger partial charge in [-0.15, -0.1) is 0 Å². The zero-order chi connectivity index (χ0) is 9.97. The van der Waals surface area contributed by atoms with E-state index in [0.717, 1.165) is 12.5 Å². The Hall–Kier alpha value is -1.19. The Morgan fingerprint density at radius 3 is 2.86 bits per heavy atom. The number of hydrogen-bond donors (Lipinski definition) is 1. The van der Waals surface area contributed by atoms with Gasteiger partial charge in [0.1, 0.15) is 0 Å². The third kappa shape index (κ3) is 2.00. The van der Waals surface area contributed by atoms with Gasteiger partial charge in [-0.25, -0.2) is 9.97 Å². The summed E-state index contributed by atoms with van der Waals surface area (Å²) in [6.07, 6.45) is 5.32.